The van der Waals surface area contributed by atoms with Gasteiger partial charge in [0, 0.05) is 24.9 Å². The van der Waals surface area contributed by atoms with Crippen LogP contribution in [0.25, 0.3) is 0 Å². The lowest BCUT2D eigenvalue weighted by Crippen LogP contribution is -2.44. The van der Waals surface area contributed by atoms with E-state index in [0.717, 1.165) is 25.7 Å². The molecule has 0 aromatic heterocycles. The van der Waals surface area contributed by atoms with Crippen LogP contribution in [0.1, 0.15) is 91.9 Å². The zero-order valence-electron chi connectivity index (χ0n) is 17.4. The Morgan fingerprint density at radius 2 is 1.08 bits per heavy atom. The van der Waals surface area contributed by atoms with E-state index >= 15 is 0 Å². The zero-order chi connectivity index (χ0) is 19.1. The van der Waals surface area contributed by atoms with Crippen molar-refractivity contribution >= 4 is 11.8 Å². The summed E-state index contributed by atoms with van der Waals surface area (Å²) in [5, 5.41) is 6.45. The van der Waals surface area contributed by atoms with E-state index in [9.17, 15) is 9.59 Å². The van der Waals surface area contributed by atoms with E-state index in [0.29, 0.717) is 48.6 Å². The normalized spacial score (nSPS) is 34.9. The van der Waals surface area contributed by atoms with Crippen LogP contribution in [0.2, 0.25) is 0 Å². The van der Waals surface area contributed by atoms with Crippen LogP contribution < -0.4 is 10.6 Å². The SMILES string of the molecule is C[C@H]1[C@@H](NC(=O)CCCCC(=O)N[C@@H]2CCC[C@H](C)[C@@H]2C)CCC[C@@H]1C. The minimum atomic E-state index is 0.158. The topological polar surface area (TPSA) is 58.2 Å². The summed E-state index contributed by atoms with van der Waals surface area (Å²) >= 11 is 0. The molecule has 2 amide bonds. The van der Waals surface area contributed by atoms with Crippen LogP contribution in [-0.2, 0) is 9.59 Å². The molecule has 4 nitrogen and oxygen atoms in total. The Balaban J connectivity index is 1.59. The minimum absolute atomic E-state index is 0.158. The summed E-state index contributed by atoms with van der Waals surface area (Å²) in [4.78, 5) is 24.4. The molecule has 2 saturated carbocycles. The monoisotopic (exact) mass is 364 g/mol. The Morgan fingerprint density at radius 1 is 0.692 bits per heavy atom. The van der Waals surface area contributed by atoms with Crippen molar-refractivity contribution in [1.29, 1.82) is 0 Å². The molecule has 2 fully saturated rings. The minimum Gasteiger partial charge on any atom is -0.353 e. The molecule has 0 unspecified atom stereocenters. The van der Waals surface area contributed by atoms with Crippen molar-refractivity contribution in [3.8, 4) is 0 Å². The molecule has 0 aromatic carbocycles. The summed E-state index contributed by atoms with van der Waals surface area (Å²) in [6.07, 6.45) is 9.89. The molecule has 0 radical (unpaired) electrons. The van der Waals surface area contributed by atoms with Gasteiger partial charge in [-0.1, -0.05) is 53.4 Å². The Labute approximate surface area is 160 Å². The van der Waals surface area contributed by atoms with Gasteiger partial charge < -0.3 is 10.6 Å². The van der Waals surface area contributed by atoms with E-state index in [-0.39, 0.29) is 11.8 Å². The standard InChI is InChI=1S/C22H40N2O2/c1-15-9-7-11-19(17(15)3)23-21(25)13-5-6-14-22(26)24-20-12-8-10-16(2)18(20)4/h15-20H,5-14H2,1-4H3,(H,23,25)(H,24,26)/t15-,16-,17-,18+,19+,20-/m0/s1. The average molecular weight is 365 g/mol. The first kappa shape index (κ1) is 21.2. The molecule has 0 heterocycles. The molecule has 2 N–H and O–H groups in total. The van der Waals surface area contributed by atoms with Crippen LogP contribution in [0.5, 0.6) is 0 Å². The lowest BCUT2D eigenvalue weighted by Gasteiger charge is -2.34. The summed E-state index contributed by atoms with van der Waals surface area (Å²) in [6.45, 7) is 9.09. The van der Waals surface area contributed by atoms with Crippen LogP contribution in [0.4, 0.5) is 0 Å². The molecule has 150 valence electrons. The molecule has 0 spiro atoms. The number of amides is 2. The second-order valence-corrected chi connectivity index (χ2v) is 9.09. The fraction of sp³-hybridized carbons (Fsp3) is 0.909. The second-order valence-electron chi connectivity index (χ2n) is 9.09. The highest BCUT2D eigenvalue weighted by Gasteiger charge is 2.29. The molecular weight excluding hydrogens is 324 g/mol. The van der Waals surface area contributed by atoms with Crippen molar-refractivity contribution in [3.63, 3.8) is 0 Å². The van der Waals surface area contributed by atoms with Gasteiger partial charge in [-0.15, -0.1) is 0 Å². The first-order valence-electron chi connectivity index (χ1n) is 11.0. The number of unbranched alkanes of at least 4 members (excludes halogenated alkanes) is 1. The lowest BCUT2D eigenvalue weighted by atomic mass is 9.78. The molecule has 0 bridgehead atoms. The van der Waals surface area contributed by atoms with Crippen LogP contribution in [-0.4, -0.2) is 23.9 Å². The smallest absolute Gasteiger partial charge is 0.220 e. The molecule has 0 aromatic rings. The third kappa shape index (κ3) is 6.28. The first-order chi connectivity index (χ1) is 12.4. The number of hydrogen-bond donors (Lipinski definition) is 2. The van der Waals surface area contributed by atoms with Crippen molar-refractivity contribution < 1.29 is 9.59 Å². The zero-order valence-corrected chi connectivity index (χ0v) is 17.4. The van der Waals surface area contributed by atoms with E-state index in [1.165, 1.54) is 25.7 Å². The number of carbonyl (C=O) groups excluding carboxylic acids is 2. The predicted molar refractivity (Wildman–Crippen MR) is 107 cm³/mol. The maximum absolute atomic E-state index is 12.2. The van der Waals surface area contributed by atoms with Crippen molar-refractivity contribution in [2.24, 2.45) is 23.7 Å². The van der Waals surface area contributed by atoms with Gasteiger partial charge in [0.25, 0.3) is 0 Å². The maximum atomic E-state index is 12.2. The summed E-state index contributed by atoms with van der Waals surface area (Å²) < 4.78 is 0. The van der Waals surface area contributed by atoms with Gasteiger partial charge >= 0.3 is 0 Å². The highest BCUT2D eigenvalue weighted by molar-refractivity contribution is 5.77. The molecular formula is C22H40N2O2. The third-order valence-electron chi connectivity index (χ3n) is 7.16. The predicted octanol–water partition coefficient (Wildman–Crippen LogP) is 4.43. The van der Waals surface area contributed by atoms with E-state index in [4.69, 9.17) is 0 Å². The molecule has 6 atom stereocenters. The van der Waals surface area contributed by atoms with Gasteiger partial charge in [-0.05, 0) is 49.4 Å². The van der Waals surface area contributed by atoms with Crippen LogP contribution in [0.3, 0.4) is 0 Å². The molecule has 0 aliphatic heterocycles. The third-order valence-corrected chi connectivity index (χ3v) is 7.16. The quantitative estimate of drug-likeness (QED) is 0.657. The van der Waals surface area contributed by atoms with Gasteiger partial charge in [0.05, 0.1) is 0 Å². The number of carbonyl (C=O) groups is 2. The van der Waals surface area contributed by atoms with E-state index in [1.807, 2.05) is 0 Å². The first-order valence-corrected chi connectivity index (χ1v) is 11.0. The Hall–Kier alpha value is -1.06. The highest BCUT2D eigenvalue weighted by Crippen LogP contribution is 2.30. The van der Waals surface area contributed by atoms with Gasteiger partial charge in [0.2, 0.25) is 11.8 Å². The Kier molecular flexibility index (Phi) is 8.43. The largest absolute Gasteiger partial charge is 0.353 e. The summed E-state index contributed by atoms with van der Waals surface area (Å²) in [6, 6.07) is 0.675. The van der Waals surface area contributed by atoms with Crippen molar-refractivity contribution in [3.05, 3.63) is 0 Å². The van der Waals surface area contributed by atoms with Crippen molar-refractivity contribution in [1.82, 2.24) is 10.6 Å². The van der Waals surface area contributed by atoms with Gasteiger partial charge in [0.1, 0.15) is 0 Å². The summed E-state index contributed by atoms with van der Waals surface area (Å²) in [5.74, 6) is 2.85. The molecule has 2 aliphatic carbocycles. The van der Waals surface area contributed by atoms with Crippen LogP contribution in [0, 0.1) is 23.7 Å². The highest BCUT2D eigenvalue weighted by atomic mass is 16.2. The fourth-order valence-electron chi connectivity index (χ4n) is 4.70. The van der Waals surface area contributed by atoms with E-state index < -0.39 is 0 Å². The maximum Gasteiger partial charge on any atom is 0.220 e. The van der Waals surface area contributed by atoms with Gasteiger partial charge in [-0.25, -0.2) is 0 Å². The number of rotatable bonds is 7. The Bertz CT molecular complexity index is 423. The molecule has 2 rings (SSSR count). The van der Waals surface area contributed by atoms with Crippen LogP contribution in [0.15, 0.2) is 0 Å². The average Bonchev–Trinajstić information content (AvgIpc) is 2.60. The van der Waals surface area contributed by atoms with Crippen LogP contribution >= 0.6 is 0 Å². The van der Waals surface area contributed by atoms with Crippen molar-refractivity contribution in [2.45, 2.75) is 104 Å². The number of hydrogen-bond acceptors (Lipinski definition) is 2. The second kappa shape index (κ2) is 10.3. The van der Waals surface area contributed by atoms with Gasteiger partial charge in [-0.2, -0.15) is 0 Å². The molecule has 0 saturated heterocycles. The summed E-state index contributed by atoms with van der Waals surface area (Å²) in [5.41, 5.74) is 0. The Morgan fingerprint density at radius 3 is 1.46 bits per heavy atom. The molecule has 26 heavy (non-hydrogen) atoms. The van der Waals surface area contributed by atoms with Crippen molar-refractivity contribution in [2.75, 3.05) is 0 Å². The molecule has 2 aliphatic rings. The lowest BCUT2D eigenvalue weighted by molar-refractivity contribution is -0.124. The van der Waals surface area contributed by atoms with Gasteiger partial charge in [0.15, 0.2) is 0 Å². The number of nitrogens with one attached hydrogen (secondary N) is 2. The van der Waals surface area contributed by atoms with E-state index in [1.54, 1.807) is 0 Å². The van der Waals surface area contributed by atoms with E-state index in [2.05, 4.69) is 38.3 Å². The summed E-state index contributed by atoms with van der Waals surface area (Å²) in [7, 11) is 0. The van der Waals surface area contributed by atoms with Gasteiger partial charge in [-0.3, -0.25) is 9.59 Å². The molecule has 4 heteroatoms. The fourth-order valence-corrected chi connectivity index (χ4v) is 4.70.